The van der Waals surface area contributed by atoms with E-state index >= 15 is 0 Å². The van der Waals surface area contributed by atoms with Gasteiger partial charge in [-0.1, -0.05) is 159 Å². The van der Waals surface area contributed by atoms with Crippen LogP contribution in [0.4, 0.5) is 0 Å². The molecule has 9 heteroatoms. The Morgan fingerprint density at radius 2 is 0.767 bits per heavy atom. The molecule has 6 nitrogen and oxygen atoms in total. The highest BCUT2D eigenvalue weighted by molar-refractivity contribution is 7.98. The van der Waals surface area contributed by atoms with Crippen molar-refractivity contribution >= 4 is 72.1 Å². The van der Waals surface area contributed by atoms with Crippen LogP contribution in [0.5, 0.6) is 28.7 Å². The summed E-state index contributed by atoms with van der Waals surface area (Å²) in [6.45, 7) is 6.15. The molecule has 0 spiro atoms. The molecule has 0 aliphatic carbocycles. The minimum absolute atomic E-state index is 0.123. The van der Waals surface area contributed by atoms with Crippen molar-refractivity contribution in [2.45, 2.75) is 32.3 Å². The molecule has 300 valence electrons. The third kappa shape index (κ3) is 9.31. The number of thioether (sulfide) groups is 1. The van der Waals surface area contributed by atoms with Gasteiger partial charge < -0.3 is 22.6 Å². The first-order chi connectivity index (χ1) is 29.6. The molecule has 0 aliphatic heterocycles. The van der Waals surface area contributed by atoms with Crippen LogP contribution in [0.2, 0.25) is 0 Å². The van der Waals surface area contributed by atoms with Crippen LogP contribution in [0, 0.1) is 6.92 Å². The lowest BCUT2D eigenvalue weighted by atomic mass is 10.1. The minimum atomic E-state index is -2.05. The average Bonchev–Trinajstić information content (AvgIpc) is 3.30. The third-order valence-electron chi connectivity index (χ3n) is 9.74. The summed E-state index contributed by atoms with van der Waals surface area (Å²) >= 11 is 1.65. The number of aryl methyl sites for hydroxylation is 1. The van der Waals surface area contributed by atoms with Gasteiger partial charge in [0.15, 0.2) is 0 Å². The lowest BCUT2D eigenvalue weighted by Gasteiger charge is -2.23. The van der Waals surface area contributed by atoms with E-state index in [4.69, 9.17) is 27.1 Å². The van der Waals surface area contributed by atoms with Crippen LogP contribution in [-0.2, 0) is 11.1 Å². The summed E-state index contributed by atoms with van der Waals surface area (Å²) in [6.07, 6.45) is 2.06. The number of rotatable bonds is 14. The van der Waals surface area contributed by atoms with Gasteiger partial charge in [0.25, 0.3) is 0 Å². The maximum absolute atomic E-state index is 6.92. The Labute approximate surface area is 358 Å². The van der Waals surface area contributed by atoms with Crippen LogP contribution in [0.15, 0.2) is 187 Å². The average molecular weight is 847 g/mol. The minimum Gasteiger partial charge on any atom is -0.417 e. The maximum Gasteiger partial charge on any atom is 0.530 e. The van der Waals surface area contributed by atoms with E-state index in [-0.39, 0.29) is 6.61 Å². The molecule has 0 amide bonds. The van der Waals surface area contributed by atoms with Crippen molar-refractivity contribution in [2.24, 2.45) is 0 Å². The molecule has 0 saturated heterocycles. The SMILES string of the molecule is CC.CSc1cc(C)c(OP(Oc2cccc3ccccc23)Oc2cccc3ccccc23)c(COP(Oc2cccc3ccccc23)Oc2cccc3ccccc23)c1. The molecule has 9 aromatic carbocycles. The van der Waals surface area contributed by atoms with Crippen LogP contribution < -0.4 is 22.6 Å². The monoisotopic (exact) mass is 846 g/mol. The number of hydrogen-bond donors (Lipinski definition) is 0. The first-order valence-electron chi connectivity index (χ1n) is 19.8. The van der Waals surface area contributed by atoms with Gasteiger partial charge in [-0.25, -0.2) is 0 Å². The van der Waals surface area contributed by atoms with E-state index in [9.17, 15) is 0 Å². The van der Waals surface area contributed by atoms with E-state index in [1.54, 1.807) is 11.8 Å². The molecule has 0 heterocycles. The van der Waals surface area contributed by atoms with Crippen LogP contribution in [0.3, 0.4) is 0 Å². The summed E-state index contributed by atoms with van der Waals surface area (Å²) in [5.41, 5.74) is 1.71. The van der Waals surface area contributed by atoms with E-state index in [1.807, 2.05) is 142 Å². The zero-order valence-corrected chi connectivity index (χ0v) is 36.4. The molecule has 0 bridgehead atoms. The molecule has 0 fully saturated rings. The van der Waals surface area contributed by atoms with Gasteiger partial charge in [-0.2, -0.15) is 0 Å². The fourth-order valence-corrected chi connectivity index (χ4v) is 9.66. The second kappa shape index (κ2) is 19.5. The Morgan fingerprint density at radius 1 is 0.417 bits per heavy atom. The lowest BCUT2D eigenvalue weighted by Crippen LogP contribution is -2.07. The second-order valence-corrected chi connectivity index (χ2v) is 16.5. The van der Waals surface area contributed by atoms with E-state index < -0.39 is 17.2 Å². The van der Waals surface area contributed by atoms with Crippen molar-refractivity contribution in [3.05, 3.63) is 193 Å². The molecule has 0 unspecified atom stereocenters. The fraction of sp³-hybridized carbons (Fsp3) is 0.0980. The van der Waals surface area contributed by atoms with Crippen molar-refractivity contribution in [3.8, 4) is 28.7 Å². The summed E-state index contributed by atoms with van der Waals surface area (Å²) < 4.78 is 40.5. The number of benzene rings is 9. The van der Waals surface area contributed by atoms with Crippen molar-refractivity contribution in [3.63, 3.8) is 0 Å². The predicted octanol–water partition coefficient (Wildman–Crippen LogP) is 16.0. The summed E-state index contributed by atoms with van der Waals surface area (Å²) in [6, 6.07) is 60.7. The summed E-state index contributed by atoms with van der Waals surface area (Å²) in [7, 11) is -4.03. The Bertz CT molecular complexity index is 2700. The summed E-state index contributed by atoms with van der Waals surface area (Å²) in [4.78, 5) is 1.06. The highest BCUT2D eigenvalue weighted by Gasteiger charge is 2.27. The molecule has 0 radical (unpaired) electrons. The second-order valence-electron chi connectivity index (χ2n) is 13.5. The zero-order chi connectivity index (χ0) is 41.3. The fourth-order valence-electron chi connectivity index (χ4n) is 6.91. The Kier molecular flexibility index (Phi) is 13.3. The first-order valence-corrected chi connectivity index (χ1v) is 23.2. The Morgan fingerprint density at radius 3 is 1.15 bits per heavy atom. The smallest absolute Gasteiger partial charge is 0.417 e. The van der Waals surface area contributed by atoms with E-state index in [2.05, 4.69) is 66.9 Å². The van der Waals surface area contributed by atoms with Crippen molar-refractivity contribution in [2.75, 3.05) is 6.26 Å². The molecule has 0 N–H and O–H groups in total. The van der Waals surface area contributed by atoms with Crippen LogP contribution in [-0.4, -0.2) is 6.26 Å². The summed E-state index contributed by atoms with van der Waals surface area (Å²) in [5.74, 6) is 3.28. The third-order valence-corrected chi connectivity index (χ3v) is 12.5. The normalized spacial score (nSPS) is 11.2. The lowest BCUT2D eigenvalue weighted by molar-refractivity contribution is 0.254. The van der Waals surface area contributed by atoms with Crippen LogP contribution in [0.1, 0.15) is 25.0 Å². The quantitative estimate of drug-likeness (QED) is 0.0798. The van der Waals surface area contributed by atoms with Gasteiger partial charge in [0, 0.05) is 32.0 Å². The van der Waals surface area contributed by atoms with Gasteiger partial charge >= 0.3 is 17.2 Å². The Balaban J connectivity index is 0.00000246. The molecule has 0 saturated carbocycles. The van der Waals surface area contributed by atoms with Gasteiger partial charge in [-0.3, -0.25) is 4.52 Å². The van der Waals surface area contributed by atoms with Gasteiger partial charge in [0.2, 0.25) is 0 Å². The van der Waals surface area contributed by atoms with Gasteiger partial charge in [-0.05, 0) is 76.7 Å². The largest absolute Gasteiger partial charge is 0.530 e. The molecular weight excluding hydrogens is 803 g/mol. The topological polar surface area (TPSA) is 55.4 Å². The van der Waals surface area contributed by atoms with Gasteiger partial charge in [0.05, 0.1) is 6.61 Å². The zero-order valence-electron chi connectivity index (χ0n) is 33.8. The summed E-state index contributed by atoms with van der Waals surface area (Å²) in [5, 5.41) is 8.09. The van der Waals surface area contributed by atoms with Gasteiger partial charge in [0.1, 0.15) is 28.7 Å². The first kappa shape index (κ1) is 40.9. The molecule has 0 atom stereocenters. The van der Waals surface area contributed by atoms with E-state index in [0.29, 0.717) is 28.7 Å². The standard InChI is InChI=1S/C49H38O6P2S.C2H6/c1-34-31-40(58-2)32-39(33-50-56(51-45-27-11-19-35-15-3-7-23-41(35)45)52-46-28-12-20-36-16-4-8-24-42(36)46)49(34)55-57(53-47-29-13-21-37-17-5-9-25-43(37)47)54-48-30-14-22-38-18-6-10-26-44(38)48;1-2/h3-32H,33H2,1-2H3;1-2H3. The molecule has 0 aliphatic rings. The number of fused-ring (bicyclic) bond motifs is 4. The van der Waals surface area contributed by atoms with Crippen molar-refractivity contribution in [1.82, 2.24) is 0 Å². The maximum atomic E-state index is 6.92. The number of hydrogen-bond acceptors (Lipinski definition) is 7. The molecular formula is C51H44O6P2S. The predicted molar refractivity (Wildman–Crippen MR) is 252 cm³/mol. The van der Waals surface area contributed by atoms with Crippen molar-refractivity contribution in [1.29, 1.82) is 0 Å². The molecule has 9 aromatic rings. The van der Waals surface area contributed by atoms with Gasteiger partial charge in [-0.15, -0.1) is 11.8 Å². The molecule has 0 aromatic heterocycles. The molecule has 9 rings (SSSR count). The highest BCUT2D eigenvalue weighted by atomic mass is 32.2. The van der Waals surface area contributed by atoms with Crippen LogP contribution in [0.25, 0.3) is 43.1 Å². The van der Waals surface area contributed by atoms with Crippen LogP contribution >= 0.6 is 29.0 Å². The highest BCUT2D eigenvalue weighted by Crippen LogP contribution is 2.50. The van der Waals surface area contributed by atoms with E-state index in [1.165, 1.54) is 0 Å². The van der Waals surface area contributed by atoms with E-state index in [0.717, 1.165) is 59.1 Å². The Hall–Kier alpha value is -5.81. The molecule has 60 heavy (non-hydrogen) atoms. The van der Waals surface area contributed by atoms with Crippen molar-refractivity contribution < 1.29 is 27.1 Å².